The van der Waals surface area contributed by atoms with Gasteiger partial charge in [-0.25, -0.2) is 18.8 Å². The first kappa shape index (κ1) is 18.8. The molecule has 2 aliphatic heterocycles. The smallest absolute Gasteiger partial charge is 0.283 e. The summed E-state index contributed by atoms with van der Waals surface area (Å²) in [6.07, 6.45) is 1.26. The molecule has 29 heavy (non-hydrogen) atoms. The fraction of sp³-hybridized carbons (Fsp3) is 0.263. The molecule has 0 saturated carbocycles. The van der Waals surface area contributed by atoms with Crippen LogP contribution in [0, 0.1) is 17.1 Å². The Labute approximate surface area is 164 Å². The molecule has 2 aliphatic rings. The largest absolute Gasteiger partial charge is 0.462 e. The molecule has 0 spiro atoms. The Hall–Kier alpha value is -3.58. The first-order valence-electron chi connectivity index (χ1n) is 8.59. The molecule has 1 amide bonds. The van der Waals surface area contributed by atoms with Crippen molar-refractivity contribution in [3.8, 4) is 6.07 Å². The molecular formula is C19H15F2N5O3. The first-order chi connectivity index (χ1) is 13.9. The van der Waals surface area contributed by atoms with Crippen LogP contribution in [0.5, 0.6) is 0 Å². The normalized spacial score (nSPS) is 25.3. The Bertz CT molecular complexity index is 1050. The fourth-order valence-electron chi connectivity index (χ4n) is 3.40. The number of aliphatic imine (C=N–C) groups is 1. The number of anilines is 1. The van der Waals surface area contributed by atoms with Crippen LogP contribution in [0.4, 0.5) is 14.5 Å². The maximum atomic E-state index is 15.5. The molecule has 4 rings (SSSR count). The number of nitriles is 1. The molecule has 8 nitrogen and oxygen atoms in total. The van der Waals surface area contributed by atoms with Crippen LogP contribution in [0.3, 0.4) is 0 Å². The van der Waals surface area contributed by atoms with Crippen molar-refractivity contribution < 1.29 is 23.0 Å². The van der Waals surface area contributed by atoms with E-state index in [-0.39, 0.29) is 36.2 Å². The molecule has 3 N–H and O–H groups in total. The summed E-state index contributed by atoms with van der Waals surface area (Å²) < 4.78 is 40.4. The van der Waals surface area contributed by atoms with Crippen LogP contribution >= 0.6 is 0 Å². The monoisotopic (exact) mass is 399 g/mol. The summed E-state index contributed by atoms with van der Waals surface area (Å²) >= 11 is 0. The average molecular weight is 399 g/mol. The number of amidine groups is 1. The van der Waals surface area contributed by atoms with Gasteiger partial charge in [-0.3, -0.25) is 4.79 Å². The Balaban J connectivity index is 1.68. The fourth-order valence-corrected chi connectivity index (χ4v) is 3.40. The van der Waals surface area contributed by atoms with Gasteiger partial charge in [0.05, 0.1) is 18.8 Å². The lowest BCUT2D eigenvalue weighted by Crippen LogP contribution is -2.55. The number of halogens is 2. The van der Waals surface area contributed by atoms with Crippen molar-refractivity contribution in [1.82, 2.24) is 4.98 Å². The second-order valence-corrected chi connectivity index (χ2v) is 6.75. The number of nitrogens with one attached hydrogen (secondary N) is 1. The van der Waals surface area contributed by atoms with E-state index in [2.05, 4.69) is 15.3 Å². The Kier molecular flexibility index (Phi) is 4.39. The molecule has 1 saturated heterocycles. The Morgan fingerprint density at radius 1 is 1.28 bits per heavy atom. The maximum Gasteiger partial charge on any atom is 0.283 e. The van der Waals surface area contributed by atoms with Crippen LogP contribution in [0.15, 0.2) is 41.5 Å². The number of carbonyl (C=O) groups excluding carboxylic acids is 1. The van der Waals surface area contributed by atoms with Gasteiger partial charge in [0, 0.05) is 17.4 Å². The molecule has 0 bridgehead atoms. The zero-order valence-electron chi connectivity index (χ0n) is 15.0. The quantitative estimate of drug-likeness (QED) is 0.809. The summed E-state index contributed by atoms with van der Waals surface area (Å²) in [5.41, 5.74) is 2.28. The van der Waals surface area contributed by atoms with Crippen LogP contribution in [0.25, 0.3) is 0 Å². The molecule has 1 aromatic carbocycles. The second kappa shape index (κ2) is 6.79. The number of ether oxygens (including phenoxy) is 2. The molecule has 2 aromatic rings. The number of hydrogen-bond acceptors (Lipinski definition) is 7. The van der Waals surface area contributed by atoms with E-state index >= 15 is 4.39 Å². The summed E-state index contributed by atoms with van der Waals surface area (Å²) in [5.74, 6) is -1.29. The van der Waals surface area contributed by atoms with Crippen LogP contribution in [-0.4, -0.2) is 42.4 Å². The first-order valence-corrected chi connectivity index (χ1v) is 8.59. The van der Waals surface area contributed by atoms with E-state index in [0.29, 0.717) is 5.56 Å². The number of amides is 1. The molecule has 2 unspecified atom stereocenters. The van der Waals surface area contributed by atoms with Gasteiger partial charge in [0.15, 0.2) is 11.2 Å². The van der Waals surface area contributed by atoms with Crippen molar-refractivity contribution in [3.05, 3.63) is 59.2 Å². The van der Waals surface area contributed by atoms with Gasteiger partial charge in [-0.05, 0) is 30.3 Å². The highest BCUT2D eigenvalue weighted by Gasteiger charge is 2.62. The zero-order valence-corrected chi connectivity index (χ0v) is 15.0. The van der Waals surface area contributed by atoms with Crippen molar-refractivity contribution in [3.63, 3.8) is 0 Å². The number of carbonyl (C=O) groups is 1. The minimum atomic E-state index is -2.10. The van der Waals surface area contributed by atoms with Gasteiger partial charge in [0.1, 0.15) is 24.2 Å². The number of nitrogens with two attached hydrogens (primary N) is 1. The van der Waals surface area contributed by atoms with Gasteiger partial charge in [0.25, 0.3) is 11.9 Å². The van der Waals surface area contributed by atoms with Crippen LogP contribution in [-0.2, 0) is 15.0 Å². The summed E-state index contributed by atoms with van der Waals surface area (Å²) in [7, 11) is 0. The molecule has 148 valence electrons. The predicted molar refractivity (Wildman–Crippen MR) is 97.2 cm³/mol. The third-order valence-corrected chi connectivity index (χ3v) is 4.93. The van der Waals surface area contributed by atoms with E-state index < -0.39 is 29.5 Å². The zero-order chi connectivity index (χ0) is 20.6. The number of benzene rings is 1. The standard InChI is InChI=1S/C19H15F2N5O3/c20-14-3-2-12(25-16(27)15-4-1-11(6-22)7-24-15)5-13(14)19-10-28-8-18(19,21)9-29-17(23)26-19/h1-5,7H,8-10H2,(H2,23,26)(H,25,27). The molecule has 0 aliphatic carbocycles. The van der Waals surface area contributed by atoms with Gasteiger partial charge >= 0.3 is 0 Å². The van der Waals surface area contributed by atoms with Crippen molar-refractivity contribution in [1.29, 1.82) is 5.26 Å². The van der Waals surface area contributed by atoms with Crippen molar-refractivity contribution >= 4 is 17.6 Å². The SMILES string of the molecule is N#Cc1ccc(C(=O)Nc2ccc(F)c(C34COCC3(F)COC(N)=N4)c2)nc1. The highest BCUT2D eigenvalue weighted by molar-refractivity contribution is 6.02. The minimum absolute atomic E-state index is 0.0606. The minimum Gasteiger partial charge on any atom is -0.462 e. The number of nitrogens with zero attached hydrogens (tertiary/aromatic N) is 3. The Morgan fingerprint density at radius 3 is 2.83 bits per heavy atom. The van der Waals surface area contributed by atoms with Crippen LogP contribution < -0.4 is 11.1 Å². The third kappa shape index (κ3) is 3.05. The highest BCUT2D eigenvalue weighted by atomic mass is 19.1. The molecule has 3 heterocycles. The van der Waals surface area contributed by atoms with Crippen molar-refractivity contribution in [2.24, 2.45) is 10.7 Å². The molecular weight excluding hydrogens is 384 g/mol. The highest BCUT2D eigenvalue weighted by Crippen LogP contribution is 2.48. The number of fused-ring (bicyclic) bond motifs is 1. The van der Waals surface area contributed by atoms with E-state index in [1.54, 1.807) is 0 Å². The van der Waals surface area contributed by atoms with Crippen molar-refractivity contribution in [2.45, 2.75) is 11.2 Å². The second-order valence-electron chi connectivity index (χ2n) is 6.75. The number of hydrogen-bond donors (Lipinski definition) is 2. The molecule has 0 radical (unpaired) electrons. The van der Waals surface area contributed by atoms with E-state index in [4.69, 9.17) is 20.5 Å². The summed E-state index contributed by atoms with van der Waals surface area (Å²) in [6, 6.07) is 8.20. The van der Waals surface area contributed by atoms with E-state index in [9.17, 15) is 9.18 Å². The van der Waals surface area contributed by atoms with Crippen LogP contribution in [0.1, 0.15) is 21.6 Å². The molecule has 1 aromatic heterocycles. The van der Waals surface area contributed by atoms with Crippen LogP contribution in [0.2, 0.25) is 0 Å². The number of alkyl halides is 1. The number of pyridine rings is 1. The van der Waals surface area contributed by atoms with E-state index in [1.807, 2.05) is 6.07 Å². The van der Waals surface area contributed by atoms with E-state index in [0.717, 1.165) is 6.07 Å². The van der Waals surface area contributed by atoms with Gasteiger partial charge in [-0.15, -0.1) is 0 Å². The lowest BCUT2D eigenvalue weighted by atomic mass is 9.78. The maximum absolute atomic E-state index is 15.5. The molecule has 10 heteroatoms. The van der Waals surface area contributed by atoms with Crippen molar-refractivity contribution in [2.75, 3.05) is 25.1 Å². The van der Waals surface area contributed by atoms with Gasteiger partial charge < -0.3 is 20.5 Å². The average Bonchev–Trinajstić information content (AvgIpc) is 3.06. The lowest BCUT2D eigenvalue weighted by Gasteiger charge is -2.38. The molecule has 2 atom stereocenters. The lowest BCUT2D eigenvalue weighted by molar-refractivity contribution is 0.00905. The van der Waals surface area contributed by atoms with Gasteiger partial charge in [-0.1, -0.05) is 0 Å². The Morgan fingerprint density at radius 2 is 2.10 bits per heavy atom. The van der Waals surface area contributed by atoms with Gasteiger partial charge in [0.2, 0.25) is 0 Å². The summed E-state index contributed by atoms with van der Waals surface area (Å²) in [6.45, 7) is -0.971. The third-order valence-electron chi connectivity index (χ3n) is 4.93. The summed E-state index contributed by atoms with van der Waals surface area (Å²) in [5, 5.41) is 11.4. The van der Waals surface area contributed by atoms with E-state index in [1.165, 1.54) is 30.5 Å². The predicted octanol–water partition coefficient (Wildman–Crippen LogP) is 1.62. The van der Waals surface area contributed by atoms with Gasteiger partial charge in [-0.2, -0.15) is 5.26 Å². The number of aromatic nitrogens is 1. The molecule has 1 fully saturated rings. The topological polar surface area (TPSA) is 123 Å². The number of rotatable bonds is 3. The summed E-state index contributed by atoms with van der Waals surface area (Å²) in [4.78, 5) is 20.4.